The van der Waals surface area contributed by atoms with Crippen molar-refractivity contribution in [2.75, 3.05) is 35.6 Å². The predicted molar refractivity (Wildman–Crippen MR) is 124 cm³/mol. The Labute approximate surface area is 184 Å². The number of carbonyl (C=O) groups excluding carboxylic acids is 3. The van der Waals surface area contributed by atoms with Crippen LogP contribution in [0.25, 0.3) is 0 Å². The van der Waals surface area contributed by atoms with E-state index in [2.05, 4.69) is 29.8 Å². The molecule has 0 radical (unpaired) electrons. The summed E-state index contributed by atoms with van der Waals surface area (Å²) in [6.07, 6.45) is 0.991. The summed E-state index contributed by atoms with van der Waals surface area (Å²) >= 11 is 0. The lowest BCUT2D eigenvalue weighted by Crippen LogP contribution is -3.13. The fourth-order valence-corrected chi connectivity index (χ4v) is 3.27. The van der Waals surface area contributed by atoms with Gasteiger partial charge in [-0.3, -0.25) is 14.4 Å². The number of hydrogen-bond donors (Lipinski definition) is 4. The minimum atomic E-state index is -0.170. The van der Waals surface area contributed by atoms with Crippen molar-refractivity contribution < 1.29 is 19.3 Å². The molecule has 0 spiro atoms. The third-order valence-electron chi connectivity index (χ3n) is 5.19. The van der Waals surface area contributed by atoms with E-state index < -0.39 is 0 Å². The molecule has 2 atom stereocenters. The molecule has 2 rings (SSSR count). The van der Waals surface area contributed by atoms with Gasteiger partial charge < -0.3 is 20.9 Å². The Hall–Kier alpha value is -3.19. The molecule has 0 bridgehead atoms. The fraction of sp³-hybridized carbons (Fsp3) is 0.375. The molecule has 3 amide bonds. The molecule has 7 heteroatoms. The monoisotopic (exact) mass is 425 g/mol. The molecule has 0 aliphatic heterocycles. The lowest BCUT2D eigenvalue weighted by atomic mass is 9.97. The van der Waals surface area contributed by atoms with Crippen molar-refractivity contribution in [3.8, 4) is 0 Å². The van der Waals surface area contributed by atoms with E-state index in [0.717, 1.165) is 22.6 Å². The van der Waals surface area contributed by atoms with Crippen LogP contribution in [-0.2, 0) is 14.4 Å². The summed E-state index contributed by atoms with van der Waals surface area (Å²) in [5.74, 6) is -0.0741. The Morgan fingerprint density at radius 2 is 1.39 bits per heavy atom. The van der Waals surface area contributed by atoms with Gasteiger partial charge in [0.1, 0.15) is 0 Å². The highest BCUT2D eigenvalue weighted by molar-refractivity contribution is 5.94. The molecular weight excluding hydrogens is 392 g/mol. The van der Waals surface area contributed by atoms with Crippen LogP contribution < -0.4 is 20.9 Å². The molecule has 166 valence electrons. The number of rotatable bonds is 10. The number of likely N-dealkylation sites (N-methyl/N-ethyl adjacent to an activating group) is 1. The lowest BCUT2D eigenvalue weighted by Gasteiger charge is -2.19. The summed E-state index contributed by atoms with van der Waals surface area (Å²) in [6.45, 7) is 8.70. The van der Waals surface area contributed by atoms with E-state index in [1.54, 1.807) is 24.3 Å². The van der Waals surface area contributed by atoms with Gasteiger partial charge >= 0.3 is 0 Å². The Balaban J connectivity index is 1.90. The van der Waals surface area contributed by atoms with Gasteiger partial charge in [0.2, 0.25) is 5.91 Å². The maximum atomic E-state index is 12.6. The van der Waals surface area contributed by atoms with Gasteiger partial charge in [-0.25, -0.2) is 0 Å². The summed E-state index contributed by atoms with van der Waals surface area (Å²) in [7, 11) is 0. The Morgan fingerprint density at radius 1 is 0.839 bits per heavy atom. The maximum Gasteiger partial charge on any atom is 0.279 e. The molecule has 4 N–H and O–H groups in total. The van der Waals surface area contributed by atoms with E-state index >= 15 is 0 Å². The first kappa shape index (κ1) is 24.1. The second-order valence-electron chi connectivity index (χ2n) is 7.71. The van der Waals surface area contributed by atoms with Crippen LogP contribution in [0.5, 0.6) is 0 Å². The number of hydrogen-bond acceptors (Lipinski definition) is 3. The van der Waals surface area contributed by atoms with Gasteiger partial charge in [-0.1, -0.05) is 32.0 Å². The molecule has 2 aromatic carbocycles. The van der Waals surface area contributed by atoms with Crippen LogP contribution in [0.3, 0.4) is 0 Å². The zero-order valence-electron chi connectivity index (χ0n) is 18.7. The molecule has 2 aromatic rings. The van der Waals surface area contributed by atoms with Crippen LogP contribution in [0.2, 0.25) is 0 Å². The van der Waals surface area contributed by atoms with Gasteiger partial charge in [-0.05, 0) is 55.2 Å². The smallest absolute Gasteiger partial charge is 0.279 e. The Morgan fingerprint density at radius 3 is 1.94 bits per heavy atom. The van der Waals surface area contributed by atoms with Crippen molar-refractivity contribution in [3.63, 3.8) is 0 Å². The number of para-hydroxylation sites is 1. The summed E-state index contributed by atoms with van der Waals surface area (Å²) < 4.78 is 0. The van der Waals surface area contributed by atoms with Crippen molar-refractivity contribution in [2.45, 2.75) is 40.0 Å². The molecule has 0 aliphatic carbocycles. The lowest BCUT2D eigenvalue weighted by molar-refractivity contribution is -0.881. The fourth-order valence-electron chi connectivity index (χ4n) is 3.27. The highest BCUT2D eigenvalue weighted by Crippen LogP contribution is 2.26. The largest absolute Gasteiger partial charge is 0.326 e. The molecule has 7 nitrogen and oxygen atoms in total. The van der Waals surface area contributed by atoms with E-state index in [4.69, 9.17) is 0 Å². The van der Waals surface area contributed by atoms with Crippen LogP contribution in [0, 0.1) is 0 Å². The van der Waals surface area contributed by atoms with Crippen molar-refractivity contribution in [1.29, 1.82) is 0 Å². The quantitative estimate of drug-likeness (QED) is 0.472. The topological polar surface area (TPSA) is 91.7 Å². The molecule has 0 saturated carbocycles. The van der Waals surface area contributed by atoms with E-state index in [1.165, 1.54) is 6.92 Å². The van der Waals surface area contributed by atoms with E-state index in [1.807, 2.05) is 31.2 Å². The number of nitrogens with one attached hydrogen (secondary N) is 4. The first-order chi connectivity index (χ1) is 14.8. The third kappa shape index (κ3) is 7.86. The zero-order valence-corrected chi connectivity index (χ0v) is 18.7. The normalized spacial score (nSPS) is 12.5. The van der Waals surface area contributed by atoms with Gasteiger partial charge in [0, 0.05) is 24.0 Å². The molecule has 0 fully saturated rings. The Bertz CT molecular complexity index is 896. The van der Waals surface area contributed by atoms with E-state index in [9.17, 15) is 14.4 Å². The first-order valence-electron chi connectivity index (χ1n) is 10.7. The molecule has 31 heavy (non-hydrogen) atoms. The number of benzene rings is 2. The van der Waals surface area contributed by atoms with Gasteiger partial charge in [0.05, 0.1) is 6.54 Å². The highest BCUT2D eigenvalue weighted by Gasteiger charge is 2.18. The van der Waals surface area contributed by atoms with Crippen LogP contribution >= 0.6 is 0 Å². The average molecular weight is 426 g/mol. The molecule has 0 heterocycles. The summed E-state index contributed by atoms with van der Waals surface area (Å²) in [4.78, 5) is 37.0. The first-order valence-corrected chi connectivity index (χ1v) is 10.7. The van der Waals surface area contributed by atoms with E-state index in [-0.39, 0.29) is 30.8 Å². The van der Waals surface area contributed by atoms with Crippen molar-refractivity contribution in [1.82, 2.24) is 0 Å². The van der Waals surface area contributed by atoms with Gasteiger partial charge in [0.15, 0.2) is 13.1 Å². The van der Waals surface area contributed by atoms with Crippen molar-refractivity contribution in [2.24, 2.45) is 0 Å². The number of carbonyl (C=O) groups is 3. The van der Waals surface area contributed by atoms with Gasteiger partial charge in [-0.2, -0.15) is 0 Å². The highest BCUT2D eigenvalue weighted by atomic mass is 16.2. The molecule has 0 aliphatic rings. The average Bonchev–Trinajstić information content (AvgIpc) is 2.74. The molecule has 1 unspecified atom stereocenters. The van der Waals surface area contributed by atoms with Crippen LogP contribution in [0.1, 0.15) is 45.6 Å². The summed E-state index contributed by atoms with van der Waals surface area (Å²) in [6, 6.07) is 14.8. The summed E-state index contributed by atoms with van der Waals surface area (Å²) in [5, 5.41) is 8.53. The number of quaternary nitrogens is 1. The van der Waals surface area contributed by atoms with Crippen LogP contribution in [-0.4, -0.2) is 37.4 Å². The minimum absolute atomic E-state index is 0.111. The molecule has 0 aromatic heterocycles. The zero-order chi connectivity index (χ0) is 22.8. The van der Waals surface area contributed by atoms with Gasteiger partial charge in [0.25, 0.3) is 11.8 Å². The third-order valence-corrected chi connectivity index (χ3v) is 5.19. The van der Waals surface area contributed by atoms with Crippen molar-refractivity contribution >= 4 is 34.8 Å². The molecular formula is C24H33N4O3+. The van der Waals surface area contributed by atoms with Crippen LogP contribution in [0.15, 0.2) is 48.5 Å². The van der Waals surface area contributed by atoms with Crippen LogP contribution in [0.4, 0.5) is 17.1 Å². The number of amides is 3. The standard InChI is InChI=1S/C24H32N4O3/c1-5-17(3)21-9-7-8-10-22(21)27-24(31)16-28(6-2)15-23(30)26-20-13-11-19(12-14-20)25-18(4)29/h7-14,17H,5-6,15-16H2,1-4H3,(H,25,29)(H,26,30)(H,27,31)/p+1/t17-/m0/s1. The predicted octanol–water partition coefficient (Wildman–Crippen LogP) is 2.64. The Kier molecular flexibility index (Phi) is 9.21. The summed E-state index contributed by atoms with van der Waals surface area (Å²) in [5.41, 5.74) is 3.26. The minimum Gasteiger partial charge on any atom is -0.326 e. The number of anilines is 3. The second-order valence-corrected chi connectivity index (χ2v) is 7.71. The van der Waals surface area contributed by atoms with E-state index in [0.29, 0.717) is 23.8 Å². The van der Waals surface area contributed by atoms with Gasteiger partial charge in [-0.15, -0.1) is 0 Å². The van der Waals surface area contributed by atoms with Crippen molar-refractivity contribution in [3.05, 3.63) is 54.1 Å². The SMILES string of the molecule is CC[C@H](C)c1ccccc1NC(=O)C[NH+](CC)CC(=O)Nc1ccc(NC(C)=O)cc1. The maximum absolute atomic E-state index is 12.6. The second kappa shape index (κ2) is 11.9. The molecule has 0 saturated heterocycles.